The van der Waals surface area contributed by atoms with Gasteiger partial charge in [-0.2, -0.15) is 10.2 Å². The molecule has 0 aliphatic heterocycles. The normalized spacial score (nSPS) is 10.9. The van der Waals surface area contributed by atoms with Gasteiger partial charge in [0.15, 0.2) is 0 Å². The van der Waals surface area contributed by atoms with Crippen LogP contribution in [0.5, 0.6) is 0 Å². The Bertz CT molecular complexity index is 454. The molecule has 16 heavy (non-hydrogen) atoms. The van der Waals surface area contributed by atoms with E-state index in [-0.39, 0.29) is 0 Å². The van der Waals surface area contributed by atoms with E-state index in [9.17, 15) is 0 Å². The van der Waals surface area contributed by atoms with Gasteiger partial charge in [0.25, 0.3) is 0 Å². The van der Waals surface area contributed by atoms with Crippen LogP contribution in [0.2, 0.25) is 0 Å². The van der Waals surface area contributed by atoms with Crippen LogP contribution in [0.3, 0.4) is 0 Å². The van der Waals surface area contributed by atoms with E-state index in [0.29, 0.717) is 0 Å². The fourth-order valence-electron chi connectivity index (χ4n) is 1.88. The maximum Gasteiger partial charge on any atom is 0.0653 e. The highest BCUT2D eigenvalue weighted by Gasteiger charge is 2.08. The van der Waals surface area contributed by atoms with Gasteiger partial charge in [0, 0.05) is 18.1 Å². The second-order valence-electron chi connectivity index (χ2n) is 4.00. The standard InChI is InChI=1S/C12H18N4/c1-4-12-10(2)11(3)16(14-12)9-8-15-7-5-6-13-15/h5-7H,4,8-9H2,1-3H3. The van der Waals surface area contributed by atoms with Gasteiger partial charge in [-0.1, -0.05) is 6.92 Å². The van der Waals surface area contributed by atoms with Gasteiger partial charge in [-0.25, -0.2) is 0 Å². The Kier molecular flexibility index (Phi) is 3.08. The molecule has 0 amide bonds. The molecule has 0 bridgehead atoms. The maximum atomic E-state index is 4.60. The first-order valence-corrected chi connectivity index (χ1v) is 5.72. The van der Waals surface area contributed by atoms with Gasteiger partial charge in [-0.05, 0) is 31.9 Å². The van der Waals surface area contributed by atoms with Gasteiger partial charge in [0.2, 0.25) is 0 Å². The number of aromatic nitrogens is 4. The van der Waals surface area contributed by atoms with E-state index in [1.54, 1.807) is 6.20 Å². The molecular weight excluding hydrogens is 200 g/mol. The minimum Gasteiger partial charge on any atom is -0.271 e. The van der Waals surface area contributed by atoms with Crippen LogP contribution in [0.15, 0.2) is 18.5 Å². The van der Waals surface area contributed by atoms with Gasteiger partial charge >= 0.3 is 0 Å². The fourth-order valence-corrected chi connectivity index (χ4v) is 1.88. The van der Waals surface area contributed by atoms with E-state index < -0.39 is 0 Å². The van der Waals surface area contributed by atoms with Crippen LogP contribution in [0, 0.1) is 13.8 Å². The first-order chi connectivity index (χ1) is 7.72. The number of hydrogen-bond donors (Lipinski definition) is 0. The predicted octanol–water partition coefficient (Wildman–Crippen LogP) is 1.96. The van der Waals surface area contributed by atoms with Crippen LogP contribution >= 0.6 is 0 Å². The molecule has 0 spiro atoms. The first-order valence-electron chi connectivity index (χ1n) is 5.72. The topological polar surface area (TPSA) is 35.6 Å². The molecule has 2 heterocycles. The lowest BCUT2D eigenvalue weighted by Crippen LogP contribution is -2.10. The second-order valence-corrected chi connectivity index (χ2v) is 4.00. The van der Waals surface area contributed by atoms with Crippen molar-refractivity contribution in [2.75, 3.05) is 0 Å². The molecule has 2 rings (SSSR count). The summed E-state index contributed by atoms with van der Waals surface area (Å²) in [5.41, 5.74) is 3.80. The van der Waals surface area contributed by atoms with Gasteiger partial charge in [-0.15, -0.1) is 0 Å². The van der Waals surface area contributed by atoms with E-state index >= 15 is 0 Å². The van der Waals surface area contributed by atoms with Crippen LogP contribution in [0.1, 0.15) is 23.9 Å². The Labute approximate surface area is 95.9 Å². The lowest BCUT2D eigenvalue weighted by molar-refractivity contribution is 0.489. The molecule has 0 aromatic carbocycles. The molecule has 0 radical (unpaired) electrons. The summed E-state index contributed by atoms with van der Waals surface area (Å²) in [6.45, 7) is 8.18. The van der Waals surface area contributed by atoms with E-state index in [4.69, 9.17) is 0 Å². The van der Waals surface area contributed by atoms with Gasteiger partial charge < -0.3 is 0 Å². The summed E-state index contributed by atoms with van der Waals surface area (Å²) in [4.78, 5) is 0. The van der Waals surface area contributed by atoms with Crippen molar-refractivity contribution in [3.05, 3.63) is 35.4 Å². The summed E-state index contributed by atoms with van der Waals surface area (Å²) in [5, 5.41) is 8.79. The third-order valence-corrected chi connectivity index (χ3v) is 3.04. The minimum atomic E-state index is 0.873. The van der Waals surface area contributed by atoms with Crippen molar-refractivity contribution in [1.29, 1.82) is 0 Å². The molecule has 0 atom stereocenters. The van der Waals surface area contributed by atoms with Crippen molar-refractivity contribution >= 4 is 0 Å². The summed E-state index contributed by atoms with van der Waals surface area (Å²) in [5.74, 6) is 0. The molecule has 4 heteroatoms. The Balaban J connectivity index is 2.10. The molecule has 2 aromatic heterocycles. The Morgan fingerprint density at radius 2 is 2.06 bits per heavy atom. The smallest absolute Gasteiger partial charge is 0.0653 e. The lowest BCUT2D eigenvalue weighted by Gasteiger charge is -2.04. The number of hydrogen-bond acceptors (Lipinski definition) is 2. The van der Waals surface area contributed by atoms with Gasteiger partial charge in [-0.3, -0.25) is 9.36 Å². The molecule has 0 N–H and O–H groups in total. The van der Waals surface area contributed by atoms with Gasteiger partial charge in [0.1, 0.15) is 0 Å². The van der Waals surface area contributed by atoms with Crippen molar-refractivity contribution in [3.63, 3.8) is 0 Å². The quantitative estimate of drug-likeness (QED) is 0.786. The van der Waals surface area contributed by atoms with Crippen molar-refractivity contribution in [3.8, 4) is 0 Å². The van der Waals surface area contributed by atoms with Crippen LogP contribution in [0.25, 0.3) is 0 Å². The van der Waals surface area contributed by atoms with E-state index in [1.165, 1.54) is 17.0 Å². The van der Waals surface area contributed by atoms with Crippen LogP contribution < -0.4 is 0 Å². The average Bonchev–Trinajstić information content (AvgIpc) is 2.88. The lowest BCUT2D eigenvalue weighted by atomic mass is 10.2. The molecule has 0 fully saturated rings. The largest absolute Gasteiger partial charge is 0.271 e. The second kappa shape index (κ2) is 4.51. The fraction of sp³-hybridized carbons (Fsp3) is 0.500. The molecule has 0 saturated carbocycles. The summed E-state index contributed by atoms with van der Waals surface area (Å²) >= 11 is 0. The third-order valence-electron chi connectivity index (χ3n) is 3.04. The minimum absolute atomic E-state index is 0.873. The highest BCUT2D eigenvalue weighted by Crippen LogP contribution is 2.12. The highest BCUT2D eigenvalue weighted by atomic mass is 15.3. The number of aryl methyl sites for hydroxylation is 3. The molecule has 4 nitrogen and oxygen atoms in total. The van der Waals surface area contributed by atoms with Crippen molar-refractivity contribution in [2.24, 2.45) is 0 Å². The number of nitrogens with zero attached hydrogens (tertiary/aromatic N) is 4. The maximum absolute atomic E-state index is 4.60. The van der Waals surface area contributed by atoms with Crippen molar-refractivity contribution < 1.29 is 0 Å². The zero-order chi connectivity index (χ0) is 11.5. The molecule has 2 aromatic rings. The van der Waals surface area contributed by atoms with E-state index in [2.05, 4.69) is 35.7 Å². The highest BCUT2D eigenvalue weighted by molar-refractivity contribution is 5.23. The molecule has 0 saturated heterocycles. The predicted molar refractivity (Wildman–Crippen MR) is 63.3 cm³/mol. The Hall–Kier alpha value is -1.58. The van der Waals surface area contributed by atoms with Crippen molar-refractivity contribution in [1.82, 2.24) is 19.6 Å². The van der Waals surface area contributed by atoms with E-state index in [0.717, 1.165) is 19.5 Å². The number of rotatable bonds is 4. The first kappa shape index (κ1) is 10.9. The van der Waals surface area contributed by atoms with Crippen LogP contribution in [-0.4, -0.2) is 19.6 Å². The zero-order valence-corrected chi connectivity index (χ0v) is 10.1. The molecule has 0 aliphatic rings. The van der Waals surface area contributed by atoms with Crippen molar-refractivity contribution in [2.45, 2.75) is 40.3 Å². The summed E-state index contributed by atoms with van der Waals surface area (Å²) in [6, 6.07) is 1.94. The van der Waals surface area contributed by atoms with E-state index in [1.807, 2.05) is 16.9 Å². The Morgan fingerprint density at radius 3 is 2.62 bits per heavy atom. The summed E-state index contributed by atoms with van der Waals surface area (Å²) < 4.78 is 4.01. The monoisotopic (exact) mass is 218 g/mol. The molecule has 0 unspecified atom stereocenters. The summed E-state index contributed by atoms with van der Waals surface area (Å²) in [6.07, 6.45) is 4.78. The molecule has 0 aliphatic carbocycles. The third kappa shape index (κ3) is 2.01. The summed E-state index contributed by atoms with van der Waals surface area (Å²) in [7, 11) is 0. The molecule has 86 valence electrons. The zero-order valence-electron chi connectivity index (χ0n) is 10.1. The van der Waals surface area contributed by atoms with Crippen LogP contribution in [-0.2, 0) is 19.5 Å². The van der Waals surface area contributed by atoms with Gasteiger partial charge in [0.05, 0.1) is 18.8 Å². The average molecular weight is 218 g/mol. The molecular formula is C12H18N4. The SMILES string of the molecule is CCc1nn(CCn2cccn2)c(C)c1C. The van der Waals surface area contributed by atoms with Crippen LogP contribution in [0.4, 0.5) is 0 Å². The Morgan fingerprint density at radius 1 is 1.25 bits per heavy atom.